The number of pyridine rings is 2. The van der Waals surface area contributed by atoms with Crippen molar-refractivity contribution < 1.29 is 9.18 Å². The molecule has 0 unspecified atom stereocenters. The molecule has 0 atom stereocenters. The van der Waals surface area contributed by atoms with Crippen LogP contribution in [0.3, 0.4) is 0 Å². The van der Waals surface area contributed by atoms with E-state index in [1.165, 1.54) is 12.1 Å². The third-order valence-electron chi connectivity index (χ3n) is 7.25. The maximum absolute atomic E-state index is 14.7. The molecule has 0 fully saturated rings. The maximum atomic E-state index is 14.7. The van der Waals surface area contributed by atoms with Crippen molar-refractivity contribution in [2.45, 2.75) is 20.8 Å². The van der Waals surface area contributed by atoms with Gasteiger partial charge in [0.1, 0.15) is 11.5 Å². The van der Waals surface area contributed by atoms with E-state index in [1.807, 2.05) is 71.3 Å². The van der Waals surface area contributed by atoms with Crippen LogP contribution in [0.15, 0.2) is 67.1 Å². The number of benzene rings is 2. The van der Waals surface area contributed by atoms with Crippen molar-refractivity contribution in [1.29, 1.82) is 0 Å². The van der Waals surface area contributed by atoms with Crippen molar-refractivity contribution in [3.63, 3.8) is 0 Å². The number of H-pyrrole nitrogens is 2. The van der Waals surface area contributed by atoms with Crippen molar-refractivity contribution in [3.05, 3.63) is 72.9 Å². The number of nitrogens with one attached hydrogen (secondary N) is 4. The molecule has 0 aliphatic rings. The van der Waals surface area contributed by atoms with E-state index in [0.717, 1.165) is 39.7 Å². The Bertz CT molecular complexity index is 1990. The zero-order valence-electron chi connectivity index (χ0n) is 25.3. The number of amides is 1. The molecule has 4 heterocycles. The minimum absolute atomic E-state index is 0.101. The highest BCUT2D eigenvalue weighted by molar-refractivity contribution is 5.98. The van der Waals surface area contributed by atoms with Crippen LogP contribution in [0.1, 0.15) is 20.8 Å². The van der Waals surface area contributed by atoms with Gasteiger partial charge in [-0.05, 0) is 56.1 Å². The first-order chi connectivity index (χ1) is 21.0. The molecule has 44 heavy (non-hydrogen) atoms. The molecule has 0 saturated heterocycles. The minimum Gasteiger partial charge on any atom is -0.384 e. The predicted molar refractivity (Wildman–Crippen MR) is 173 cm³/mol. The summed E-state index contributed by atoms with van der Waals surface area (Å²) in [7, 11) is 4.00. The Labute approximate surface area is 254 Å². The van der Waals surface area contributed by atoms with Gasteiger partial charge in [-0.2, -0.15) is 5.10 Å². The molecular formula is C33H34FN9O. The highest BCUT2D eigenvalue weighted by Gasteiger charge is 2.22. The topological polar surface area (TPSA) is 128 Å². The molecule has 4 N–H and O–H groups in total. The smallest absolute Gasteiger partial charge is 0.229 e. The summed E-state index contributed by atoms with van der Waals surface area (Å²) in [6.07, 6.45) is 5.03. The van der Waals surface area contributed by atoms with Crippen LogP contribution in [0.25, 0.3) is 55.8 Å². The van der Waals surface area contributed by atoms with Gasteiger partial charge in [-0.1, -0.05) is 32.9 Å². The van der Waals surface area contributed by atoms with Crippen LogP contribution in [0, 0.1) is 11.2 Å². The van der Waals surface area contributed by atoms with Gasteiger partial charge in [-0.25, -0.2) is 9.37 Å². The van der Waals surface area contributed by atoms with Gasteiger partial charge < -0.3 is 20.5 Å². The molecule has 0 spiro atoms. The van der Waals surface area contributed by atoms with E-state index in [-0.39, 0.29) is 11.7 Å². The fraction of sp³-hybridized carbons (Fsp3) is 0.242. The highest BCUT2D eigenvalue weighted by atomic mass is 19.1. The minimum atomic E-state index is -0.537. The number of anilines is 2. The summed E-state index contributed by atoms with van der Waals surface area (Å²) in [6, 6.07) is 14.5. The first-order valence-corrected chi connectivity index (χ1v) is 14.3. The quantitative estimate of drug-likeness (QED) is 0.163. The van der Waals surface area contributed by atoms with Gasteiger partial charge in [0.15, 0.2) is 5.82 Å². The van der Waals surface area contributed by atoms with Crippen LogP contribution in [-0.2, 0) is 4.79 Å². The Balaban J connectivity index is 1.35. The van der Waals surface area contributed by atoms with E-state index in [2.05, 4.69) is 40.7 Å². The van der Waals surface area contributed by atoms with Crippen LogP contribution in [0.5, 0.6) is 0 Å². The van der Waals surface area contributed by atoms with E-state index in [4.69, 9.17) is 4.98 Å². The summed E-state index contributed by atoms with van der Waals surface area (Å²) < 4.78 is 14.7. The molecule has 0 saturated carbocycles. The van der Waals surface area contributed by atoms with Gasteiger partial charge in [0.05, 0.1) is 40.3 Å². The van der Waals surface area contributed by atoms with Crippen molar-refractivity contribution in [1.82, 2.24) is 35.0 Å². The third kappa shape index (κ3) is 6.00. The molecule has 6 rings (SSSR count). The van der Waals surface area contributed by atoms with Crippen LogP contribution >= 0.6 is 0 Å². The number of aromatic nitrogens is 6. The number of hydrogen-bond donors (Lipinski definition) is 4. The maximum Gasteiger partial charge on any atom is 0.229 e. The lowest BCUT2D eigenvalue weighted by Crippen LogP contribution is -2.27. The number of carbonyl (C=O) groups is 1. The second kappa shape index (κ2) is 11.5. The number of halogens is 1. The Hall–Kier alpha value is -5.16. The number of aromatic amines is 2. The lowest BCUT2D eigenvalue weighted by atomic mass is 9.95. The van der Waals surface area contributed by atoms with Crippen LogP contribution in [0.2, 0.25) is 0 Å². The Morgan fingerprint density at radius 3 is 2.59 bits per heavy atom. The van der Waals surface area contributed by atoms with E-state index in [9.17, 15) is 9.18 Å². The summed E-state index contributed by atoms with van der Waals surface area (Å²) in [6.45, 7) is 7.10. The largest absolute Gasteiger partial charge is 0.384 e. The first kappa shape index (κ1) is 28.9. The van der Waals surface area contributed by atoms with Gasteiger partial charge in [-0.3, -0.25) is 19.9 Å². The summed E-state index contributed by atoms with van der Waals surface area (Å²) in [5, 5.41) is 14.6. The second-order valence-corrected chi connectivity index (χ2v) is 12.1. The monoisotopic (exact) mass is 591 g/mol. The summed E-state index contributed by atoms with van der Waals surface area (Å²) in [4.78, 5) is 31.8. The third-order valence-corrected chi connectivity index (χ3v) is 7.25. The van der Waals surface area contributed by atoms with E-state index in [0.29, 0.717) is 40.6 Å². The second-order valence-electron chi connectivity index (χ2n) is 12.1. The van der Waals surface area contributed by atoms with Crippen LogP contribution < -0.4 is 10.6 Å². The molecule has 1 amide bonds. The van der Waals surface area contributed by atoms with Crippen molar-refractivity contribution in [3.8, 4) is 33.9 Å². The molecule has 11 heteroatoms. The number of rotatable bonds is 8. The van der Waals surface area contributed by atoms with E-state index < -0.39 is 5.41 Å². The van der Waals surface area contributed by atoms with Crippen molar-refractivity contribution in [2.75, 3.05) is 37.8 Å². The van der Waals surface area contributed by atoms with Gasteiger partial charge in [-0.15, -0.1) is 0 Å². The van der Waals surface area contributed by atoms with Gasteiger partial charge >= 0.3 is 0 Å². The van der Waals surface area contributed by atoms with Crippen LogP contribution in [0.4, 0.5) is 15.8 Å². The Kier molecular flexibility index (Phi) is 7.56. The Morgan fingerprint density at radius 2 is 1.80 bits per heavy atom. The zero-order chi connectivity index (χ0) is 31.0. The average Bonchev–Trinajstić information content (AvgIpc) is 3.60. The van der Waals surface area contributed by atoms with Gasteiger partial charge in [0.25, 0.3) is 0 Å². The number of fused-ring (bicyclic) bond motifs is 2. The normalized spacial score (nSPS) is 11.9. The van der Waals surface area contributed by atoms with Gasteiger partial charge in [0, 0.05) is 46.9 Å². The van der Waals surface area contributed by atoms with Crippen molar-refractivity contribution >= 4 is 39.2 Å². The fourth-order valence-electron chi connectivity index (χ4n) is 4.87. The molecular weight excluding hydrogens is 557 g/mol. The number of likely N-dealkylation sites (N-methyl/N-ethyl adjacent to an activating group) is 1. The zero-order valence-corrected chi connectivity index (χ0v) is 25.3. The fourth-order valence-corrected chi connectivity index (χ4v) is 4.87. The lowest BCUT2D eigenvalue weighted by molar-refractivity contribution is -0.123. The predicted octanol–water partition coefficient (Wildman–Crippen LogP) is 6.33. The number of para-hydroxylation sites is 1. The molecule has 0 bridgehead atoms. The number of imidazole rings is 1. The molecule has 0 aliphatic heterocycles. The van der Waals surface area contributed by atoms with E-state index >= 15 is 0 Å². The molecule has 0 radical (unpaired) electrons. The van der Waals surface area contributed by atoms with Gasteiger partial charge in [0.2, 0.25) is 5.91 Å². The molecule has 0 aliphatic carbocycles. The molecule has 6 aromatic rings. The molecule has 10 nitrogen and oxygen atoms in total. The number of nitrogens with zero attached hydrogens (tertiary/aromatic N) is 5. The standard InChI is InChI=1S/C33H34FN9O/c1-33(2,3)32(44)38-23-13-20(16-35-17-23)27-15-25-28(18-37-27)41-42-30(25)31-39-26-8-6-7-24(29(26)40-31)19-11-21(34)14-22(12-19)36-9-10-43(4)5/h6-8,11-18,36H,9-10H2,1-5H3,(H,38,44)(H,39,40)(H,41,42). The average molecular weight is 592 g/mol. The summed E-state index contributed by atoms with van der Waals surface area (Å²) in [5.41, 5.74) is 6.61. The highest BCUT2D eigenvalue weighted by Crippen LogP contribution is 2.34. The summed E-state index contributed by atoms with van der Waals surface area (Å²) in [5.74, 6) is 0.148. The molecule has 4 aromatic heterocycles. The molecule has 224 valence electrons. The first-order valence-electron chi connectivity index (χ1n) is 14.3. The van der Waals surface area contributed by atoms with Crippen molar-refractivity contribution in [2.24, 2.45) is 5.41 Å². The lowest BCUT2D eigenvalue weighted by Gasteiger charge is -2.17. The van der Waals surface area contributed by atoms with E-state index in [1.54, 1.807) is 18.6 Å². The summed E-state index contributed by atoms with van der Waals surface area (Å²) >= 11 is 0. The number of carbonyl (C=O) groups excluding carboxylic acids is 1. The molecule has 2 aromatic carbocycles. The Morgan fingerprint density at radius 1 is 0.977 bits per heavy atom. The number of hydrogen-bond acceptors (Lipinski definition) is 7. The SMILES string of the molecule is CN(C)CCNc1cc(F)cc(-c2cccc3[nH]c(-c4n[nH]c5cnc(-c6cncc(NC(=O)C(C)(C)C)c6)cc45)nc23)c1. The van der Waals surface area contributed by atoms with Crippen LogP contribution in [-0.4, -0.2) is 68.1 Å².